The summed E-state index contributed by atoms with van der Waals surface area (Å²) in [6.07, 6.45) is 46.7. The number of phosphoric ester groups is 2. The second-order valence-corrected chi connectivity index (χ2v) is 27.5. The molecule has 19 heteroatoms. The first-order chi connectivity index (χ1) is 41.9. The van der Waals surface area contributed by atoms with Gasteiger partial charge >= 0.3 is 39.5 Å². The zero-order valence-electron chi connectivity index (χ0n) is 55.8. The smallest absolute Gasteiger partial charge is 0.462 e. The highest BCUT2D eigenvalue weighted by atomic mass is 31.2. The monoisotopic (exact) mass is 1280 g/mol. The van der Waals surface area contributed by atoms with E-state index < -0.39 is 97.5 Å². The van der Waals surface area contributed by atoms with Gasteiger partial charge in [0.25, 0.3) is 0 Å². The predicted molar refractivity (Wildman–Crippen MR) is 349 cm³/mol. The van der Waals surface area contributed by atoms with Crippen molar-refractivity contribution in [3.8, 4) is 0 Å². The quantitative estimate of drug-likeness (QED) is 0.0169. The highest BCUT2D eigenvalue weighted by molar-refractivity contribution is 7.47. The molecule has 0 spiro atoms. The van der Waals surface area contributed by atoms with Crippen LogP contribution < -0.4 is 0 Å². The van der Waals surface area contributed by atoms with E-state index >= 15 is 0 Å². The van der Waals surface area contributed by atoms with Crippen LogP contribution in [0.5, 0.6) is 0 Å². The number of hydrogen-bond acceptors (Lipinski definition) is 15. The minimum absolute atomic E-state index is 0.0845. The van der Waals surface area contributed by atoms with Gasteiger partial charge in [0.15, 0.2) is 12.2 Å². The molecule has 0 bridgehead atoms. The SMILES string of the molecule is CCCCCC/C=C\C=C/CCCCCCCC(=O)O[C@H](COC(=O)CCCCCCCCCCCCC(C)C)COP(=O)(O)OC[C@@H](O)COP(=O)(O)OC[C@@H](COC(=O)CCCCCCCCC)OC(=O)CCCCCCCCCCC(C)CC. The van der Waals surface area contributed by atoms with Crippen molar-refractivity contribution in [1.82, 2.24) is 0 Å². The third-order valence-electron chi connectivity index (χ3n) is 15.4. The Kier molecular flexibility index (Phi) is 58.1. The van der Waals surface area contributed by atoms with E-state index in [2.05, 4.69) is 65.8 Å². The van der Waals surface area contributed by atoms with Crippen molar-refractivity contribution >= 4 is 39.5 Å². The number of allylic oxidation sites excluding steroid dienone is 4. The zero-order chi connectivity index (χ0) is 64.3. The lowest BCUT2D eigenvalue weighted by molar-refractivity contribution is -0.161. The summed E-state index contributed by atoms with van der Waals surface area (Å²) in [6, 6.07) is 0. The number of aliphatic hydroxyl groups is 1. The van der Waals surface area contributed by atoms with Gasteiger partial charge in [-0.05, 0) is 63.2 Å². The molecule has 0 aliphatic carbocycles. The van der Waals surface area contributed by atoms with Gasteiger partial charge in [0.2, 0.25) is 0 Å². The van der Waals surface area contributed by atoms with Gasteiger partial charge in [-0.3, -0.25) is 37.3 Å². The van der Waals surface area contributed by atoms with E-state index in [0.717, 1.165) is 127 Å². The van der Waals surface area contributed by atoms with Crippen LogP contribution in [0.25, 0.3) is 0 Å². The van der Waals surface area contributed by atoms with Gasteiger partial charge in [0.05, 0.1) is 26.4 Å². The molecule has 0 saturated heterocycles. The summed E-state index contributed by atoms with van der Waals surface area (Å²) >= 11 is 0. The van der Waals surface area contributed by atoms with Gasteiger partial charge in [0, 0.05) is 25.7 Å². The average Bonchev–Trinajstić information content (AvgIpc) is 3.54. The first-order valence-electron chi connectivity index (χ1n) is 34.8. The Morgan fingerprint density at radius 1 is 0.379 bits per heavy atom. The molecule has 0 heterocycles. The van der Waals surface area contributed by atoms with Crippen LogP contribution in [-0.4, -0.2) is 96.7 Å². The van der Waals surface area contributed by atoms with E-state index in [0.29, 0.717) is 25.7 Å². The Hall–Kier alpha value is -2.46. The van der Waals surface area contributed by atoms with Crippen LogP contribution in [0.1, 0.15) is 318 Å². The molecule has 0 aliphatic rings. The summed E-state index contributed by atoms with van der Waals surface area (Å²) in [7, 11) is -9.90. The lowest BCUT2D eigenvalue weighted by Crippen LogP contribution is -2.30. The summed E-state index contributed by atoms with van der Waals surface area (Å²) in [4.78, 5) is 72.3. The van der Waals surface area contributed by atoms with Crippen LogP contribution in [0.4, 0.5) is 0 Å². The van der Waals surface area contributed by atoms with E-state index in [4.69, 9.17) is 37.0 Å². The number of carbonyl (C=O) groups excluding carboxylic acids is 4. The van der Waals surface area contributed by atoms with Gasteiger partial charge in [-0.25, -0.2) is 9.13 Å². The van der Waals surface area contributed by atoms with Crippen molar-refractivity contribution in [2.75, 3.05) is 39.6 Å². The normalized spacial score (nSPS) is 14.7. The van der Waals surface area contributed by atoms with E-state index in [1.807, 2.05) is 0 Å². The minimum Gasteiger partial charge on any atom is -0.462 e. The summed E-state index contributed by atoms with van der Waals surface area (Å²) < 4.78 is 68.1. The number of phosphoric acid groups is 2. The van der Waals surface area contributed by atoms with Crippen molar-refractivity contribution in [2.45, 2.75) is 336 Å². The number of ether oxygens (including phenoxy) is 4. The van der Waals surface area contributed by atoms with Crippen molar-refractivity contribution < 1.29 is 80.2 Å². The van der Waals surface area contributed by atoms with E-state index in [1.165, 1.54) is 109 Å². The fourth-order valence-electron chi connectivity index (χ4n) is 9.67. The lowest BCUT2D eigenvalue weighted by atomic mass is 9.99. The zero-order valence-corrected chi connectivity index (χ0v) is 57.6. The maximum atomic E-state index is 13.0. The highest BCUT2D eigenvalue weighted by Crippen LogP contribution is 2.45. The fourth-order valence-corrected chi connectivity index (χ4v) is 11.2. The molecular weight excluding hydrogens is 1150 g/mol. The third kappa shape index (κ3) is 60.9. The largest absolute Gasteiger partial charge is 0.472 e. The molecule has 0 saturated carbocycles. The molecule has 3 N–H and O–H groups in total. The second-order valence-electron chi connectivity index (χ2n) is 24.6. The first-order valence-corrected chi connectivity index (χ1v) is 37.8. The van der Waals surface area contributed by atoms with Crippen molar-refractivity contribution in [2.24, 2.45) is 11.8 Å². The van der Waals surface area contributed by atoms with Crippen LogP contribution in [0.15, 0.2) is 24.3 Å². The Morgan fingerprint density at radius 2 is 0.678 bits per heavy atom. The molecule has 512 valence electrons. The van der Waals surface area contributed by atoms with Gasteiger partial charge in [-0.1, -0.05) is 265 Å². The predicted octanol–water partition coefficient (Wildman–Crippen LogP) is 18.8. The van der Waals surface area contributed by atoms with E-state index in [9.17, 15) is 43.2 Å². The summed E-state index contributed by atoms with van der Waals surface area (Å²) in [5, 5.41) is 10.6. The number of esters is 4. The molecular formula is C68H128O17P2. The van der Waals surface area contributed by atoms with Crippen LogP contribution in [0.2, 0.25) is 0 Å². The molecule has 0 aliphatic heterocycles. The fraction of sp³-hybridized carbons (Fsp3) is 0.882. The molecule has 17 nitrogen and oxygen atoms in total. The first kappa shape index (κ1) is 84.5. The molecule has 3 unspecified atom stereocenters. The van der Waals surface area contributed by atoms with Crippen LogP contribution in [0.3, 0.4) is 0 Å². The third-order valence-corrected chi connectivity index (χ3v) is 17.3. The van der Waals surface area contributed by atoms with E-state index in [1.54, 1.807) is 0 Å². The highest BCUT2D eigenvalue weighted by Gasteiger charge is 2.30. The van der Waals surface area contributed by atoms with Crippen LogP contribution in [-0.2, 0) is 65.4 Å². The number of hydrogen-bond donors (Lipinski definition) is 3. The summed E-state index contributed by atoms with van der Waals surface area (Å²) in [5.41, 5.74) is 0. The Labute approximate surface area is 529 Å². The van der Waals surface area contributed by atoms with Crippen molar-refractivity contribution in [1.29, 1.82) is 0 Å². The maximum Gasteiger partial charge on any atom is 0.472 e. The summed E-state index contributed by atoms with van der Waals surface area (Å²) in [6.45, 7) is 9.41. The Morgan fingerprint density at radius 3 is 1.03 bits per heavy atom. The number of carbonyl (C=O) groups is 4. The number of unbranched alkanes of at least 4 members (excludes halogenated alkanes) is 31. The number of rotatable bonds is 65. The van der Waals surface area contributed by atoms with Crippen molar-refractivity contribution in [3.05, 3.63) is 24.3 Å². The number of aliphatic hydroxyl groups excluding tert-OH is 1. The molecule has 0 aromatic carbocycles. The van der Waals surface area contributed by atoms with Crippen LogP contribution >= 0.6 is 15.6 Å². The Bertz CT molecular complexity index is 1800. The molecule has 0 rings (SSSR count). The van der Waals surface area contributed by atoms with Crippen molar-refractivity contribution in [3.63, 3.8) is 0 Å². The van der Waals surface area contributed by atoms with Gasteiger partial charge < -0.3 is 33.8 Å². The molecule has 0 radical (unpaired) electrons. The van der Waals surface area contributed by atoms with Gasteiger partial charge in [0.1, 0.15) is 19.3 Å². The maximum absolute atomic E-state index is 13.0. The minimum atomic E-state index is -4.96. The molecule has 87 heavy (non-hydrogen) atoms. The second kappa shape index (κ2) is 59.8. The van der Waals surface area contributed by atoms with E-state index in [-0.39, 0.29) is 25.7 Å². The molecule has 6 atom stereocenters. The Balaban J connectivity index is 5.26. The standard InChI is InChI=1S/C68H128O17P2/c1-7-10-12-14-16-17-18-19-20-21-22-27-34-40-46-52-67(72)84-64(57-79-66(71)51-45-39-33-26-24-23-25-31-36-42-48-60(4)5)59-83-87(76,77)81-55-62(69)54-80-86(74,75)82-58-63(56-78-65(70)50-44-38-30-15-13-11-8-2)85-68(73)53-47-41-35-29-28-32-37-43-49-61(6)9-3/h17-20,60-64,69H,7-16,21-59H2,1-6H3,(H,74,75)(H,76,77)/b18-17-,20-19-/t61?,62-,63+,64+/m0/s1. The van der Waals surface area contributed by atoms with Gasteiger partial charge in [-0.2, -0.15) is 0 Å². The topological polar surface area (TPSA) is 237 Å². The van der Waals surface area contributed by atoms with Crippen LogP contribution in [0, 0.1) is 11.8 Å². The molecule has 0 aromatic heterocycles. The average molecular weight is 1280 g/mol. The lowest BCUT2D eigenvalue weighted by Gasteiger charge is -2.21. The van der Waals surface area contributed by atoms with Gasteiger partial charge in [-0.15, -0.1) is 0 Å². The molecule has 0 aromatic rings. The molecule has 0 amide bonds. The summed E-state index contributed by atoms with van der Waals surface area (Å²) in [5.74, 6) is -0.640. The molecule has 0 fully saturated rings.